The topological polar surface area (TPSA) is 39.1 Å². The summed E-state index contributed by atoms with van der Waals surface area (Å²) in [6, 6.07) is 0.494. The molecule has 1 aliphatic heterocycles. The zero-order valence-corrected chi connectivity index (χ0v) is 10.7. The third-order valence-electron chi connectivity index (χ3n) is 3.28. The molecule has 2 heterocycles. The Bertz CT molecular complexity index is 318. The summed E-state index contributed by atoms with van der Waals surface area (Å²) in [6.45, 7) is 5.89. The van der Waals surface area contributed by atoms with Crippen LogP contribution in [-0.4, -0.2) is 29.3 Å². The van der Waals surface area contributed by atoms with Crippen LogP contribution in [-0.2, 0) is 11.3 Å². The van der Waals surface area contributed by atoms with E-state index in [1.54, 1.807) is 0 Å². The maximum absolute atomic E-state index is 5.60. The molecule has 0 unspecified atom stereocenters. The van der Waals surface area contributed by atoms with Crippen LogP contribution in [0.2, 0.25) is 0 Å². The fourth-order valence-corrected chi connectivity index (χ4v) is 2.26. The van der Waals surface area contributed by atoms with E-state index >= 15 is 0 Å². The summed E-state index contributed by atoms with van der Waals surface area (Å²) in [4.78, 5) is 4.25. The standard InChI is InChI=1S/C13H23N3O/c1-2-3-8-17-9-7-16-11-14-10-13(16)12-5-4-6-15-12/h10-12,15H,2-9H2,1H3/t12-/m0/s1. The summed E-state index contributed by atoms with van der Waals surface area (Å²) in [7, 11) is 0. The lowest BCUT2D eigenvalue weighted by atomic mass is 10.2. The van der Waals surface area contributed by atoms with Gasteiger partial charge in [-0.3, -0.25) is 0 Å². The molecule has 4 heteroatoms. The van der Waals surface area contributed by atoms with Gasteiger partial charge in [0.15, 0.2) is 0 Å². The van der Waals surface area contributed by atoms with E-state index in [1.165, 1.54) is 25.0 Å². The van der Waals surface area contributed by atoms with Gasteiger partial charge < -0.3 is 14.6 Å². The molecule has 0 aromatic carbocycles. The third kappa shape index (κ3) is 3.54. The van der Waals surface area contributed by atoms with E-state index in [9.17, 15) is 0 Å². The molecule has 17 heavy (non-hydrogen) atoms. The summed E-state index contributed by atoms with van der Waals surface area (Å²) < 4.78 is 7.81. The van der Waals surface area contributed by atoms with Crippen LogP contribution >= 0.6 is 0 Å². The molecule has 0 aliphatic carbocycles. The number of unbranched alkanes of at least 4 members (excludes halogenated alkanes) is 1. The Morgan fingerprint density at radius 2 is 2.47 bits per heavy atom. The normalized spacial score (nSPS) is 19.9. The minimum Gasteiger partial charge on any atom is -0.380 e. The van der Waals surface area contributed by atoms with Crippen molar-refractivity contribution in [1.82, 2.24) is 14.9 Å². The van der Waals surface area contributed by atoms with E-state index < -0.39 is 0 Å². The molecule has 96 valence electrons. The van der Waals surface area contributed by atoms with Crippen LogP contribution in [0.5, 0.6) is 0 Å². The van der Waals surface area contributed by atoms with Crippen molar-refractivity contribution in [2.24, 2.45) is 0 Å². The third-order valence-corrected chi connectivity index (χ3v) is 3.28. The zero-order chi connectivity index (χ0) is 11.9. The predicted molar refractivity (Wildman–Crippen MR) is 67.9 cm³/mol. The quantitative estimate of drug-likeness (QED) is 0.738. The number of imidazole rings is 1. The van der Waals surface area contributed by atoms with Crippen LogP contribution in [0.4, 0.5) is 0 Å². The Balaban J connectivity index is 1.78. The Hall–Kier alpha value is -0.870. The van der Waals surface area contributed by atoms with Crippen molar-refractivity contribution in [1.29, 1.82) is 0 Å². The Kier molecular flexibility index (Phi) is 5.01. The first kappa shape index (κ1) is 12.6. The maximum atomic E-state index is 5.60. The molecule has 0 bridgehead atoms. The van der Waals surface area contributed by atoms with Gasteiger partial charge in [-0.2, -0.15) is 0 Å². The van der Waals surface area contributed by atoms with Crippen molar-refractivity contribution in [2.75, 3.05) is 19.8 Å². The lowest BCUT2D eigenvalue weighted by Crippen LogP contribution is -2.18. The molecule has 1 fully saturated rings. The molecule has 1 saturated heterocycles. The maximum Gasteiger partial charge on any atom is 0.0949 e. The molecule has 1 aromatic rings. The van der Waals surface area contributed by atoms with Crippen molar-refractivity contribution >= 4 is 0 Å². The number of ether oxygens (including phenoxy) is 1. The van der Waals surface area contributed by atoms with Gasteiger partial charge in [0.2, 0.25) is 0 Å². The SMILES string of the molecule is CCCCOCCn1cncc1[C@@H]1CCCN1. The highest BCUT2D eigenvalue weighted by Crippen LogP contribution is 2.22. The summed E-state index contributed by atoms with van der Waals surface area (Å²) >= 11 is 0. The van der Waals surface area contributed by atoms with Gasteiger partial charge in [-0.25, -0.2) is 4.98 Å². The first-order valence-corrected chi connectivity index (χ1v) is 6.73. The Labute approximate surface area is 103 Å². The number of nitrogens with one attached hydrogen (secondary N) is 1. The number of hydrogen-bond acceptors (Lipinski definition) is 3. The molecule has 1 aliphatic rings. The van der Waals surface area contributed by atoms with E-state index in [1.807, 2.05) is 12.5 Å². The smallest absolute Gasteiger partial charge is 0.0949 e. The first-order chi connectivity index (χ1) is 8.42. The first-order valence-electron chi connectivity index (χ1n) is 6.73. The minimum absolute atomic E-state index is 0.494. The zero-order valence-electron chi connectivity index (χ0n) is 10.7. The highest BCUT2D eigenvalue weighted by atomic mass is 16.5. The van der Waals surface area contributed by atoms with Crippen LogP contribution in [0.25, 0.3) is 0 Å². The largest absolute Gasteiger partial charge is 0.380 e. The van der Waals surface area contributed by atoms with E-state index in [4.69, 9.17) is 4.74 Å². The predicted octanol–water partition coefficient (Wildman–Crippen LogP) is 2.12. The molecule has 2 rings (SSSR count). The van der Waals surface area contributed by atoms with Gasteiger partial charge in [0.1, 0.15) is 0 Å². The van der Waals surface area contributed by atoms with Gasteiger partial charge in [0, 0.05) is 25.4 Å². The number of aromatic nitrogens is 2. The summed E-state index contributed by atoms with van der Waals surface area (Å²) in [6.07, 6.45) is 8.74. The number of hydrogen-bond donors (Lipinski definition) is 1. The van der Waals surface area contributed by atoms with Crippen molar-refractivity contribution in [3.05, 3.63) is 18.2 Å². The molecular weight excluding hydrogens is 214 g/mol. The average Bonchev–Trinajstić information content (AvgIpc) is 2.98. The fourth-order valence-electron chi connectivity index (χ4n) is 2.26. The lowest BCUT2D eigenvalue weighted by molar-refractivity contribution is 0.122. The highest BCUT2D eigenvalue weighted by Gasteiger charge is 2.19. The van der Waals surface area contributed by atoms with Crippen LogP contribution in [0, 0.1) is 0 Å². The molecule has 1 atom stereocenters. The molecule has 1 aromatic heterocycles. The van der Waals surface area contributed by atoms with Gasteiger partial charge in [-0.1, -0.05) is 13.3 Å². The molecule has 0 saturated carbocycles. The van der Waals surface area contributed by atoms with Gasteiger partial charge >= 0.3 is 0 Å². The second-order valence-corrected chi connectivity index (χ2v) is 4.63. The van der Waals surface area contributed by atoms with E-state index in [-0.39, 0.29) is 0 Å². The van der Waals surface area contributed by atoms with E-state index in [0.29, 0.717) is 6.04 Å². The monoisotopic (exact) mass is 237 g/mol. The highest BCUT2D eigenvalue weighted by molar-refractivity contribution is 5.07. The van der Waals surface area contributed by atoms with Gasteiger partial charge in [0.25, 0.3) is 0 Å². The fraction of sp³-hybridized carbons (Fsp3) is 0.769. The van der Waals surface area contributed by atoms with Crippen LogP contribution in [0.15, 0.2) is 12.5 Å². The average molecular weight is 237 g/mol. The van der Waals surface area contributed by atoms with Crippen LogP contribution in [0.3, 0.4) is 0 Å². The van der Waals surface area contributed by atoms with Gasteiger partial charge in [0.05, 0.1) is 18.6 Å². The minimum atomic E-state index is 0.494. The number of rotatable bonds is 7. The lowest BCUT2D eigenvalue weighted by Gasteiger charge is -2.13. The number of nitrogens with zero attached hydrogens (tertiary/aromatic N) is 2. The van der Waals surface area contributed by atoms with Gasteiger partial charge in [-0.15, -0.1) is 0 Å². The van der Waals surface area contributed by atoms with Crippen molar-refractivity contribution < 1.29 is 4.74 Å². The summed E-state index contributed by atoms with van der Waals surface area (Å²) in [5.74, 6) is 0. The molecule has 0 radical (unpaired) electrons. The summed E-state index contributed by atoms with van der Waals surface area (Å²) in [5, 5.41) is 3.51. The molecule has 1 N–H and O–H groups in total. The van der Waals surface area contributed by atoms with Gasteiger partial charge in [-0.05, 0) is 25.8 Å². The molecular formula is C13H23N3O. The van der Waals surface area contributed by atoms with Crippen LogP contribution < -0.4 is 5.32 Å². The van der Waals surface area contributed by atoms with Crippen molar-refractivity contribution in [3.63, 3.8) is 0 Å². The Morgan fingerprint density at radius 3 is 3.24 bits per heavy atom. The summed E-state index contributed by atoms with van der Waals surface area (Å²) in [5.41, 5.74) is 1.31. The molecule has 4 nitrogen and oxygen atoms in total. The molecule has 0 spiro atoms. The van der Waals surface area contributed by atoms with E-state index in [0.717, 1.165) is 32.7 Å². The van der Waals surface area contributed by atoms with Crippen molar-refractivity contribution in [3.8, 4) is 0 Å². The van der Waals surface area contributed by atoms with Crippen molar-refractivity contribution in [2.45, 2.75) is 45.2 Å². The van der Waals surface area contributed by atoms with Crippen LogP contribution in [0.1, 0.15) is 44.3 Å². The second kappa shape index (κ2) is 6.77. The second-order valence-electron chi connectivity index (χ2n) is 4.63. The van der Waals surface area contributed by atoms with E-state index in [2.05, 4.69) is 21.8 Å². The molecule has 0 amide bonds. The Morgan fingerprint density at radius 1 is 1.53 bits per heavy atom.